The van der Waals surface area contributed by atoms with Crippen LogP contribution in [0, 0.1) is 0 Å². The molecule has 0 saturated carbocycles. The summed E-state index contributed by atoms with van der Waals surface area (Å²) < 4.78 is 0. The van der Waals surface area contributed by atoms with Crippen molar-refractivity contribution in [3.05, 3.63) is 18.5 Å². The van der Waals surface area contributed by atoms with Crippen molar-refractivity contribution >= 4 is 17.7 Å². The molecule has 0 unspecified atom stereocenters. The Morgan fingerprint density at radius 1 is 1.56 bits per heavy atom. The fourth-order valence-corrected chi connectivity index (χ4v) is 0.782. The summed E-state index contributed by atoms with van der Waals surface area (Å²) in [7, 11) is 0. The average molecular weight is 119 g/mol. The minimum absolute atomic E-state index is 0.914. The summed E-state index contributed by atoms with van der Waals surface area (Å²) in [6.45, 7) is 0. The molecule has 1 aliphatic heterocycles. The van der Waals surface area contributed by atoms with Crippen molar-refractivity contribution in [2.45, 2.75) is 0 Å². The molecule has 2 heterocycles. The lowest BCUT2D eigenvalue weighted by Crippen LogP contribution is -1.86. The number of pyridine rings is 1. The van der Waals surface area contributed by atoms with Gasteiger partial charge in [-0.25, -0.2) is 5.32 Å². The van der Waals surface area contributed by atoms with Gasteiger partial charge in [-0.2, -0.15) is 0 Å². The lowest BCUT2D eigenvalue weighted by atomic mass is 10.4. The predicted octanol–water partition coefficient (Wildman–Crippen LogP) is 0.503. The number of fused-ring (bicyclic) bond motifs is 1. The molecule has 3 heteroatoms. The van der Waals surface area contributed by atoms with E-state index in [-0.39, 0.29) is 0 Å². The Bertz CT molecular complexity index is 254. The minimum atomic E-state index is 0.914. The highest BCUT2D eigenvalue weighted by Crippen LogP contribution is 2.19. The smallest absolute Gasteiger partial charge is 0.260 e. The van der Waals surface area contributed by atoms with Gasteiger partial charge in [0.1, 0.15) is 0 Å². The first-order valence-electron chi connectivity index (χ1n) is 2.70. The monoisotopic (exact) mass is 119 g/mol. The van der Waals surface area contributed by atoms with Crippen LogP contribution in [-0.4, -0.2) is 11.3 Å². The van der Waals surface area contributed by atoms with Gasteiger partial charge >= 0.3 is 0 Å². The SMILES string of the molecule is C1=[N+]c2cnccc2N1. The number of hydrogen-bond acceptors (Lipinski definition) is 3. The molecule has 0 atom stereocenters. The first-order chi connectivity index (χ1) is 4.47. The van der Waals surface area contributed by atoms with Crippen LogP contribution in [-0.2, 0) is 0 Å². The summed E-state index contributed by atoms with van der Waals surface area (Å²) in [6, 6.07) is 1.89. The van der Waals surface area contributed by atoms with E-state index in [0.29, 0.717) is 0 Å². The molecule has 0 aliphatic carbocycles. The molecular formula is C6H5N3+. The van der Waals surface area contributed by atoms with E-state index in [4.69, 9.17) is 0 Å². The fraction of sp³-hybridized carbons (Fsp3) is 0. The van der Waals surface area contributed by atoms with E-state index in [1.165, 1.54) is 0 Å². The summed E-state index contributed by atoms with van der Waals surface area (Å²) in [5.41, 5.74) is 1.95. The molecule has 0 aromatic carbocycles. The van der Waals surface area contributed by atoms with Crippen molar-refractivity contribution in [3.8, 4) is 0 Å². The van der Waals surface area contributed by atoms with Gasteiger partial charge in [0, 0.05) is 12.3 Å². The van der Waals surface area contributed by atoms with Crippen molar-refractivity contribution in [3.63, 3.8) is 0 Å². The molecular weight excluding hydrogens is 114 g/mol. The van der Waals surface area contributed by atoms with Gasteiger partial charge < -0.3 is 0 Å². The van der Waals surface area contributed by atoms with Crippen LogP contribution in [0.1, 0.15) is 0 Å². The van der Waals surface area contributed by atoms with E-state index in [1.807, 2.05) is 6.07 Å². The number of nitrogens with zero attached hydrogens (tertiary/aromatic N) is 2. The van der Waals surface area contributed by atoms with Crippen molar-refractivity contribution in [2.75, 3.05) is 5.32 Å². The van der Waals surface area contributed by atoms with Gasteiger partial charge in [0.25, 0.3) is 6.34 Å². The highest BCUT2D eigenvalue weighted by molar-refractivity contribution is 5.88. The lowest BCUT2D eigenvalue weighted by Gasteiger charge is -1.83. The van der Waals surface area contributed by atoms with Crippen LogP contribution in [0.3, 0.4) is 0 Å². The van der Waals surface area contributed by atoms with E-state index < -0.39 is 0 Å². The Balaban J connectivity index is 2.63. The van der Waals surface area contributed by atoms with Crippen LogP contribution in [0.2, 0.25) is 0 Å². The molecule has 43 valence electrons. The lowest BCUT2D eigenvalue weighted by molar-refractivity contribution is 1.29. The Labute approximate surface area is 52.5 Å². The number of aromatic nitrogens is 1. The van der Waals surface area contributed by atoms with Gasteiger partial charge in [-0.15, -0.1) is 0 Å². The highest BCUT2D eigenvalue weighted by atomic mass is 15.0. The van der Waals surface area contributed by atoms with E-state index in [0.717, 1.165) is 11.4 Å². The van der Waals surface area contributed by atoms with Gasteiger partial charge in [0.05, 0.1) is 6.20 Å². The van der Waals surface area contributed by atoms with Crippen LogP contribution in [0.15, 0.2) is 18.5 Å². The van der Waals surface area contributed by atoms with E-state index in [9.17, 15) is 0 Å². The topological polar surface area (TPSA) is 39.0 Å². The molecule has 9 heavy (non-hydrogen) atoms. The van der Waals surface area contributed by atoms with Crippen molar-refractivity contribution in [1.82, 2.24) is 9.98 Å². The van der Waals surface area contributed by atoms with Gasteiger partial charge in [-0.3, -0.25) is 4.98 Å². The predicted molar refractivity (Wildman–Crippen MR) is 35.7 cm³/mol. The Kier molecular flexibility index (Phi) is 0.773. The molecule has 0 fully saturated rings. The van der Waals surface area contributed by atoms with E-state index in [1.54, 1.807) is 18.7 Å². The van der Waals surface area contributed by atoms with E-state index >= 15 is 0 Å². The van der Waals surface area contributed by atoms with Crippen LogP contribution in [0.25, 0.3) is 0 Å². The molecule has 1 aromatic rings. The molecule has 1 aliphatic rings. The van der Waals surface area contributed by atoms with Gasteiger partial charge in [-0.05, 0) is 4.99 Å². The first-order valence-corrected chi connectivity index (χ1v) is 2.70. The Morgan fingerprint density at radius 3 is 3.44 bits per heavy atom. The van der Waals surface area contributed by atoms with Crippen LogP contribution >= 0.6 is 0 Å². The largest absolute Gasteiger partial charge is 0.285 e. The molecule has 0 saturated heterocycles. The third-order valence-electron chi connectivity index (χ3n) is 1.22. The zero-order chi connectivity index (χ0) is 6.10. The molecule has 1 radical (unpaired) electrons. The number of nitrogens with one attached hydrogen (secondary N) is 1. The van der Waals surface area contributed by atoms with Crippen LogP contribution in [0.5, 0.6) is 0 Å². The molecule has 1 aromatic heterocycles. The van der Waals surface area contributed by atoms with Gasteiger partial charge in [0.15, 0.2) is 5.69 Å². The highest BCUT2D eigenvalue weighted by Gasteiger charge is 2.13. The molecule has 3 nitrogen and oxygen atoms in total. The van der Waals surface area contributed by atoms with Crippen molar-refractivity contribution in [2.24, 2.45) is 0 Å². The second-order valence-electron chi connectivity index (χ2n) is 1.80. The summed E-state index contributed by atoms with van der Waals surface area (Å²) >= 11 is 0. The molecule has 2 rings (SSSR count). The third-order valence-corrected chi connectivity index (χ3v) is 1.22. The maximum atomic E-state index is 4.00. The molecule has 0 spiro atoms. The van der Waals surface area contributed by atoms with Gasteiger partial charge in [-0.1, -0.05) is 0 Å². The Hall–Kier alpha value is -1.38. The molecule has 0 bridgehead atoms. The first kappa shape index (κ1) is 4.49. The number of aliphatic imine (C=N–C) groups is 1. The average Bonchev–Trinajstić information content (AvgIpc) is 2.33. The summed E-state index contributed by atoms with van der Waals surface area (Å²) in [5, 5.41) is 2.97. The maximum Gasteiger partial charge on any atom is 0.285 e. The zero-order valence-electron chi connectivity index (χ0n) is 4.70. The summed E-state index contributed by atoms with van der Waals surface area (Å²) in [6.07, 6.45) is 5.12. The van der Waals surface area contributed by atoms with E-state index in [2.05, 4.69) is 15.3 Å². The second-order valence-corrected chi connectivity index (χ2v) is 1.80. The maximum absolute atomic E-state index is 4.00. The van der Waals surface area contributed by atoms with Crippen LogP contribution in [0.4, 0.5) is 11.4 Å². The normalized spacial score (nSPS) is 12.9. The minimum Gasteiger partial charge on any atom is -0.260 e. The Morgan fingerprint density at radius 2 is 2.56 bits per heavy atom. The second kappa shape index (κ2) is 1.55. The van der Waals surface area contributed by atoms with Gasteiger partial charge in [0.2, 0.25) is 5.69 Å². The summed E-state index contributed by atoms with van der Waals surface area (Å²) in [5.74, 6) is 0. The quantitative estimate of drug-likeness (QED) is 0.540. The molecule has 0 amide bonds. The van der Waals surface area contributed by atoms with Crippen molar-refractivity contribution < 1.29 is 0 Å². The summed E-state index contributed by atoms with van der Waals surface area (Å²) in [4.78, 5) is 7.90. The third kappa shape index (κ3) is 0.579. The number of hydrogen-bond donors (Lipinski definition) is 1. The fourth-order valence-electron chi connectivity index (χ4n) is 0.782. The number of anilines is 1. The number of rotatable bonds is 0. The standard InChI is InChI=1S/C6H5N3/c1-2-7-3-6-5(1)8-4-9-6/h1-4,8H/q+1. The zero-order valence-corrected chi connectivity index (χ0v) is 4.70. The van der Waals surface area contributed by atoms with Crippen LogP contribution < -0.4 is 10.3 Å². The molecule has 1 N–H and O–H groups in total. The van der Waals surface area contributed by atoms with Crippen molar-refractivity contribution in [1.29, 1.82) is 0 Å².